The number of carboxylic acid groups (broad SMARTS) is 1. The van der Waals surface area contributed by atoms with E-state index in [2.05, 4.69) is 10.3 Å². The second-order valence-electron chi connectivity index (χ2n) is 6.88. The van der Waals surface area contributed by atoms with E-state index in [1.54, 1.807) is 53.9 Å². The van der Waals surface area contributed by atoms with E-state index in [9.17, 15) is 9.59 Å². The topological polar surface area (TPSA) is 83.7 Å². The summed E-state index contributed by atoms with van der Waals surface area (Å²) in [4.78, 5) is 28.1. The van der Waals surface area contributed by atoms with Gasteiger partial charge >= 0.3 is 5.97 Å². The van der Waals surface area contributed by atoms with Crippen LogP contribution >= 0.6 is 11.6 Å². The first-order valence-corrected chi connectivity index (χ1v) is 9.65. The third kappa shape index (κ3) is 3.90. The first kappa shape index (κ1) is 19.7. The molecule has 7 heteroatoms. The van der Waals surface area contributed by atoms with Crippen molar-refractivity contribution in [2.45, 2.75) is 13.5 Å². The summed E-state index contributed by atoms with van der Waals surface area (Å²) < 4.78 is 1.72. The van der Waals surface area contributed by atoms with Gasteiger partial charge in [0.1, 0.15) is 11.3 Å². The van der Waals surface area contributed by atoms with Crippen LogP contribution in [0.1, 0.15) is 32.1 Å². The van der Waals surface area contributed by atoms with Crippen LogP contribution in [0.25, 0.3) is 16.8 Å². The number of aryl methyl sites for hydroxylation is 1. The Morgan fingerprint density at radius 3 is 2.30 bits per heavy atom. The van der Waals surface area contributed by atoms with Crippen molar-refractivity contribution in [3.63, 3.8) is 0 Å². The van der Waals surface area contributed by atoms with Gasteiger partial charge in [0.15, 0.2) is 0 Å². The predicted molar refractivity (Wildman–Crippen MR) is 115 cm³/mol. The number of aromatic carboxylic acids is 1. The van der Waals surface area contributed by atoms with E-state index in [-0.39, 0.29) is 11.5 Å². The molecule has 2 aromatic carbocycles. The molecule has 2 heterocycles. The molecule has 150 valence electrons. The third-order valence-corrected chi connectivity index (χ3v) is 5.08. The van der Waals surface area contributed by atoms with Crippen molar-refractivity contribution < 1.29 is 14.7 Å². The van der Waals surface area contributed by atoms with Crippen LogP contribution < -0.4 is 5.32 Å². The maximum absolute atomic E-state index is 12.7. The number of pyridine rings is 1. The van der Waals surface area contributed by atoms with Crippen molar-refractivity contribution in [1.29, 1.82) is 0 Å². The summed E-state index contributed by atoms with van der Waals surface area (Å²) in [5.41, 5.74) is 4.84. The fourth-order valence-electron chi connectivity index (χ4n) is 3.30. The van der Waals surface area contributed by atoms with Crippen LogP contribution in [0, 0.1) is 6.92 Å². The van der Waals surface area contributed by atoms with Crippen molar-refractivity contribution in [3.8, 4) is 11.1 Å². The van der Waals surface area contributed by atoms with E-state index < -0.39 is 5.97 Å². The zero-order valence-electron chi connectivity index (χ0n) is 16.1. The summed E-state index contributed by atoms with van der Waals surface area (Å²) in [5.74, 6) is -1.16. The van der Waals surface area contributed by atoms with Gasteiger partial charge < -0.3 is 10.4 Å². The van der Waals surface area contributed by atoms with Gasteiger partial charge in [-0.1, -0.05) is 48.0 Å². The Labute approximate surface area is 177 Å². The lowest BCUT2D eigenvalue weighted by Crippen LogP contribution is -2.24. The lowest BCUT2D eigenvalue weighted by Gasteiger charge is -2.08. The molecule has 0 radical (unpaired) electrons. The largest absolute Gasteiger partial charge is 0.478 e. The van der Waals surface area contributed by atoms with E-state index in [4.69, 9.17) is 16.7 Å². The number of nitrogens with one attached hydrogen (secondary N) is 1. The Kier molecular flexibility index (Phi) is 5.25. The molecule has 0 aliphatic rings. The number of imidazole rings is 1. The minimum Gasteiger partial charge on any atom is -0.478 e. The van der Waals surface area contributed by atoms with E-state index in [1.165, 1.54) is 0 Å². The van der Waals surface area contributed by atoms with Crippen molar-refractivity contribution in [3.05, 3.63) is 94.4 Å². The summed E-state index contributed by atoms with van der Waals surface area (Å²) in [7, 11) is 0. The number of amides is 1. The van der Waals surface area contributed by atoms with Crippen LogP contribution in [-0.4, -0.2) is 26.4 Å². The van der Waals surface area contributed by atoms with Gasteiger partial charge in [-0.3, -0.25) is 9.20 Å². The number of aromatic nitrogens is 2. The van der Waals surface area contributed by atoms with E-state index in [0.717, 1.165) is 16.7 Å². The molecule has 2 aromatic heterocycles. The highest BCUT2D eigenvalue weighted by Gasteiger charge is 2.16. The molecule has 6 nitrogen and oxygen atoms in total. The summed E-state index contributed by atoms with van der Waals surface area (Å²) in [6, 6.07) is 17.9. The minimum absolute atomic E-state index is 0.212. The number of hydrogen-bond donors (Lipinski definition) is 2. The highest BCUT2D eigenvalue weighted by Crippen LogP contribution is 2.21. The van der Waals surface area contributed by atoms with Crippen molar-refractivity contribution in [1.82, 2.24) is 14.7 Å². The molecule has 0 aliphatic heterocycles. The molecule has 0 saturated carbocycles. The molecule has 0 unspecified atom stereocenters. The van der Waals surface area contributed by atoms with Gasteiger partial charge in [0, 0.05) is 23.8 Å². The number of hydrogen-bond acceptors (Lipinski definition) is 3. The lowest BCUT2D eigenvalue weighted by atomic mass is 10.0. The normalized spacial score (nSPS) is 10.9. The van der Waals surface area contributed by atoms with E-state index in [1.807, 2.05) is 24.3 Å². The van der Waals surface area contributed by atoms with Gasteiger partial charge in [0.25, 0.3) is 5.91 Å². The minimum atomic E-state index is -0.947. The van der Waals surface area contributed by atoms with Crippen LogP contribution in [0.15, 0.2) is 66.9 Å². The van der Waals surface area contributed by atoms with Crippen LogP contribution in [-0.2, 0) is 6.54 Å². The van der Waals surface area contributed by atoms with Gasteiger partial charge in [-0.05, 0) is 41.8 Å². The van der Waals surface area contributed by atoms with Crippen LogP contribution in [0.2, 0.25) is 5.02 Å². The molecule has 0 saturated heterocycles. The van der Waals surface area contributed by atoms with Crippen LogP contribution in [0.3, 0.4) is 0 Å². The molecule has 0 spiro atoms. The average molecular weight is 420 g/mol. The quantitative estimate of drug-likeness (QED) is 0.495. The Morgan fingerprint density at radius 1 is 1.03 bits per heavy atom. The number of rotatable bonds is 5. The van der Waals surface area contributed by atoms with Crippen molar-refractivity contribution in [2.75, 3.05) is 0 Å². The first-order chi connectivity index (χ1) is 14.4. The number of carbonyl (C=O) groups is 2. The van der Waals surface area contributed by atoms with Crippen LogP contribution in [0.5, 0.6) is 0 Å². The third-order valence-electron chi connectivity index (χ3n) is 4.85. The van der Waals surface area contributed by atoms with Crippen LogP contribution in [0.4, 0.5) is 0 Å². The number of nitrogens with zero attached hydrogens (tertiary/aromatic N) is 2. The second-order valence-corrected chi connectivity index (χ2v) is 7.32. The second kappa shape index (κ2) is 8.00. The molecule has 30 heavy (non-hydrogen) atoms. The Morgan fingerprint density at radius 2 is 1.67 bits per heavy atom. The molecule has 2 N–H and O–H groups in total. The molecule has 0 bridgehead atoms. The number of halogens is 1. The lowest BCUT2D eigenvalue weighted by molar-refractivity contribution is 0.0696. The van der Waals surface area contributed by atoms with E-state index >= 15 is 0 Å². The maximum atomic E-state index is 12.7. The predicted octanol–water partition coefficient (Wildman–Crippen LogP) is 4.59. The van der Waals surface area contributed by atoms with Gasteiger partial charge in [-0.25, -0.2) is 9.78 Å². The molecule has 0 fully saturated rings. The Hall–Kier alpha value is -3.64. The smallest absolute Gasteiger partial charge is 0.335 e. The fraction of sp³-hybridized carbons (Fsp3) is 0.0870. The molecular weight excluding hydrogens is 402 g/mol. The zero-order chi connectivity index (χ0) is 21.3. The summed E-state index contributed by atoms with van der Waals surface area (Å²) in [6.45, 7) is 2.16. The van der Waals surface area contributed by atoms with Gasteiger partial charge in [-0.2, -0.15) is 0 Å². The van der Waals surface area contributed by atoms with Gasteiger partial charge in [0.2, 0.25) is 0 Å². The standard InChI is InChI=1S/C23H18ClN3O3/c1-14-21(27-11-10-19(24)12-20(27)26-14)22(28)25-13-15-2-4-16(5-3-15)17-6-8-18(9-7-17)23(29)30/h2-12H,13H2,1H3,(H,25,28)(H,29,30). The molecular formula is C23H18ClN3O3. The fourth-order valence-corrected chi connectivity index (χ4v) is 3.45. The molecule has 0 atom stereocenters. The SMILES string of the molecule is Cc1nc2cc(Cl)ccn2c1C(=O)NCc1ccc(-c2ccc(C(=O)O)cc2)cc1. The number of carbonyl (C=O) groups excluding carboxylic acids is 1. The number of benzene rings is 2. The molecule has 0 aliphatic carbocycles. The highest BCUT2D eigenvalue weighted by atomic mass is 35.5. The summed E-state index contributed by atoms with van der Waals surface area (Å²) in [6.07, 6.45) is 1.73. The van der Waals surface area contributed by atoms with Gasteiger partial charge in [-0.15, -0.1) is 0 Å². The zero-order valence-corrected chi connectivity index (χ0v) is 16.8. The maximum Gasteiger partial charge on any atom is 0.335 e. The van der Waals surface area contributed by atoms with Gasteiger partial charge in [0.05, 0.1) is 11.3 Å². The Bertz CT molecular complexity index is 1250. The molecule has 4 aromatic rings. The molecule has 1 amide bonds. The Balaban J connectivity index is 1.46. The van der Waals surface area contributed by atoms with E-state index in [0.29, 0.717) is 28.6 Å². The highest BCUT2D eigenvalue weighted by molar-refractivity contribution is 6.30. The van der Waals surface area contributed by atoms with Crippen molar-refractivity contribution >= 4 is 29.1 Å². The average Bonchev–Trinajstić information content (AvgIpc) is 3.07. The van der Waals surface area contributed by atoms with Crippen molar-refractivity contribution in [2.24, 2.45) is 0 Å². The number of fused-ring (bicyclic) bond motifs is 1. The monoisotopic (exact) mass is 419 g/mol. The summed E-state index contributed by atoms with van der Waals surface area (Å²) >= 11 is 6.00. The first-order valence-electron chi connectivity index (χ1n) is 9.27. The molecule has 4 rings (SSSR count). The number of carboxylic acids is 1. The summed E-state index contributed by atoms with van der Waals surface area (Å²) in [5, 5.41) is 12.5.